The molecule has 2 fully saturated rings. The maximum absolute atomic E-state index is 15.0. The number of methoxy groups -OCH3 is 1. The number of amides is 3. The summed E-state index contributed by atoms with van der Waals surface area (Å²) < 4.78 is 40.1. The lowest BCUT2D eigenvalue weighted by molar-refractivity contribution is -0.103. The number of carbonyl (C=O) groups excluding carboxylic acids is 2. The molecule has 0 saturated carbocycles. The van der Waals surface area contributed by atoms with Gasteiger partial charge in [-0.25, -0.2) is 23.4 Å². The highest BCUT2D eigenvalue weighted by molar-refractivity contribution is 7.80. The van der Waals surface area contributed by atoms with Crippen molar-refractivity contribution in [1.29, 1.82) is 5.41 Å². The number of guanidine groups is 1. The number of hydrogen-bond donors (Lipinski definition) is 3. The Balaban J connectivity index is 0.00000456. The van der Waals surface area contributed by atoms with Crippen LogP contribution in [0.4, 0.5) is 29.7 Å². The molecule has 0 radical (unpaired) electrons. The lowest BCUT2D eigenvalue weighted by Crippen LogP contribution is -2.47. The number of thiocarbonyl (C=S) groups is 1. The molecule has 0 bridgehead atoms. The zero-order valence-corrected chi connectivity index (χ0v) is 20.3. The van der Waals surface area contributed by atoms with Crippen LogP contribution in [-0.2, 0) is 14.3 Å². The van der Waals surface area contributed by atoms with Gasteiger partial charge in [0.15, 0.2) is 17.6 Å². The fraction of sp³-hybridized carbons (Fsp3) is 0.524. The Hall–Kier alpha value is -3.46. The highest BCUT2D eigenvalue weighted by Gasteiger charge is 2.34. The molecule has 1 aromatic rings. The van der Waals surface area contributed by atoms with Gasteiger partial charge in [0, 0.05) is 39.3 Å². The molecular weight excluding hydrogens is 500 g/mol. The number of cyclic esters (lactones) is 1. The standard InChI is InChI=1S/C20H27F2N7O5S.CH4/c1-26(2)17(23)25-18(30)29-5-4-27(6-7-33-29)16-14(21)8-12(9-15(16)22)28-11-13(34-20(28)31)10-24-19(35)32-3;/h8-9,13H,4-7,10-11H2,1-3H3,(H,24,35)(H2,23,25,30);1H4/t13-;/m0./s1. The van der Waals surface area contributed by atoms with Crippen LogP contribution in [-0.4, -0.2) is 99.9 Å². The van der Waals surface area contributed by atoms with Crippen LogP contribution < -0.4 is 20.4 Å². The molecule has 200 valence electrons. The van der Waals surface area contributed by atoms with E-state index in [4.69, 9.17) is 31.9 Å². The number of nitrogens with zero attached hydrogens (tertiary/aromatic N) is 4. The van der Waals surface area contributed by atoms with Crippen molar-refractivity contribution in [1.82, 2.24) is 20.6 Å². The zero-order valence-electron chi connectivity index (χ0n) is 19.5. The van der Waals surface area contributed by atoms with Crippen molar-refractivity contribution in [3.05, 3.63) is 23.8 Å². The predicted octanol–water partition coefficient (Wildman–Crippen LogP) is 1.71. The first kappa shape index (κ1) is 28.8. The normalized spacial score (nSPS) is 17.5. The van der Waals surface area contributed by atoms with Crippen molar-refractivity contribution in [2.45, 2.75) is 13.5 Å². The zero-order chi connectivity index (χ0) is 25.7. The van der Waals surface area contributed by atoms with E-state index < -0.39 is 29.9 Å². The highest BCUT2D eigenvalue weighted by atomic mass is 32.1. The van der Waals surface area contributed by atoms with E-state index in [0.717, 1.165) is 22.1 Å². The number of rotatable bonds is 4. The van der Waals surface area contributed by atoms with Crippen molar-refractivity contribution >= 4 is 46.9 Å². The van der Waals surface area contributed by atoms with Gasteiger partial charge in [0.25, 0.3) is 5.17 Å². The second-order valence-corrected chi connectivity index (χ2v) is 8.21. The van der Waals surface area contributed by atoms with E-state index in [2.05, 4.69) is 10.6 Å². The van der Waals surface area contributed by atoms with E-state index in [-0.39, 0.29) is 69.3 Å². The number of ether oxygens (including phenoxy) is 2. The largest absolute Gasteiger partial charge is 0.474 e. The van der Waals surface area contributed by atoms with E-state index in [0.29, 0.717) is 0 Å². The Bertz CT molecular complexity index is 976. The lowest BCUT2D eigenvalue weighted by Gasteiger charge is -2.24. The summed E-state index contributed by atoms with van der Waals surface area (Å²) in [6, 6.07) is 1.46. The van der Waals surface area contributed by atoms with Gasteiger partial charge in [0.1, 0.15) is 11.8 Å². The molecule has 12 nitrogen and oxygen atoms in total. The molecule has 15 heteroatoms. The smallest absolute Gasteiger partial charge is 0.414 e. The molecule has 0 aliphatic carbocycles. The third-order valence-electron chi connectivity index (χ3n) is 5.24. The number of carbonyl (C=O) groups is 2. The minimum atomic E-state index is -0.873. The molecule has 0 aromatic heterocycles. The number of halogens is 2. The number of anilines is 2. The number of urea groups is 1. The molecule has 2 aliphatic heterocycles. The molecule has 0 unspecified atom stereocenters. The first-order valence-electron chi connectivity index (χ1n) is 10.6. The number of benzene rings is 1. The average molecular weight is 532 g/mol. The van der Waals surface area contributed by atoms with Crippen LogP contribution in [0.25, 0.3) is 0 Å². The topological polar surface area (TPSA) is 123 Å². The van der Waals surface area contributed by atoms with Crippen LogP contribution in [0.2, 0.25) is 0 Å². The molecule has 1 aromatic carbocycles. The van der Waals surface area contributed by atoms with Gasteiger partial charge in [0.2, 0.25) is 0 Å². The maximum Gasteiger partial charge on any atom is 0.414 e. The maximum atomic E-state index is 15.0. The third kappa shape index (κ3) is 6.81. The fourth-order valence-electron chi connectivity index (χ4n) is 3.43. The number of hydrogen-bond acceptors (Lipinski definition) is 8. The van der Waals surface area contributed by atoms with E-state index in [1.54, 1.807) is 14.1 Å². The summed E-state index contributed by atoms with van der Waals surface area (Å²) >= 11 is 4.88. The Morgan fingerprint density at radius 3 is 2.56 bits per heavy atom. The molecule has 3 N–H and O–H groups in total. The summed E-state index contributed by atoms with van der Waals surface area (Å²) in [5.74, 6) is -1.88. The molecule has 36 heavy (non-hydrogen) atoms. The van der Waals surface area contributed by atoms with E-state index >= 15 is 8.78 Å². The summed E-state index contributed by atoms with van der Waals surface area (Å²) in [6.45, 7) is 0.434. The van der Waals surface area contributed by atoms with Gasteiger partial charge < -0.3 is 24.6 Å². The van der Waals surface area contributed by atoms with Crippen LogP contribution >= 0.6 is 12.2 Å². The van der Waals surface area contributed by atoms with Crippen molar-refractivity contribution in [2.24, 2.45) is 0 Å². The average Bonchev–Trinajstić information content (AvgIpc) is 3.01. The minimum absolute atomic E-state index is 0. The highest BCUT2D eigenvalue weighted by Crippen LogP contribution is 2.31. The lowest BCUT2D eigenvalue weighted by atomic mass is 10.2. The molecule has 0 spiro atoms. The van der Waals surface area contributed by atoms with Gasteiger partial charge in [-0.15, -0.1) is 0 Å². The summed E-state index contributed by atoms with van der Waals surface area (Å²) in [5.41, 5.74) is -0.281. The van der Waals surface area contributed by atoms with Crippen molar-refractivity contribution in [3.63, 3.8) is 0 Å². The SMILES string of the molecule is C.COC(=S)NC[C@H]1CN(c2cc(F)c(N3CCON(C(=O)NC(=N)N(C)C)CC3)c(F)c2)C(=O)O1. The summed E-state index contributed by atoms with van der Waals surface area (Å²) in [6.07, 6.45) is -1.32. The molecule has 3 rings (SSSR count). The molecule has 2 heterocycles. The summed E-state index contributed by atoms with van der Waals surface area (Å²) in [5, 5.41) is 14.0. The second-order valence-electron chi connectivity index (χ2n) is 7.84. The second kappa shape index (κ2) is 12.5. The minimum Gasteiger partial charge on any atom is -0.474 e. The fourth-order valence-corrected chi connectivity index (χ4v) is 3.51. The first-order chi connectivity index (χ1) is 16.6. The first-order valence-corrected chi connectivity index (χ1v) is 11.0. The quantitative estimate of drug-likeness (QED) is 0.303. The molecule has 3 amide bonds. The van der Waals surface area contributed by atoms with Gasteiger partial charge in [-0.3, -0.25) is 20.5 Å². The van der Waals surface area contributed by atoms with Crippen LogP contribution in [0.5, 0.6) is 0 Å². The van der Waals surface area contributed by atoms with Crippen molar-refractivity contribution in [3.8, 4) is 0 Å². The summed E-state index contributed by atoms with van der Waals surface area (Å²) in [7, 11) is 4.59. The monoisotopic (exact) mass is 531 g/mol. The van der Waals surface area contributed by atoms with Gasteiger partial charge in [-0.2, -0.15) is 0 Å². The van der Waals surface area contributed by atoms with Gasteiger partial charge in [-0.1, -0.05) is 7.43 Å². The Morgan fingerprint density at radius 2 is 1.94 bits per heavy atom. The van der Waals surface area contributed by atoms with E-state index in [1.807, 2.05) is 0 Å². The third-order valence-corrected chi connectivity index (χ3v) is 5.55. The molecule has 1 atom stereocenters. The van der Waals surface area contributed by atoms with Crippen LogP contribution in [0.15, 0.2) is 12.1 Å². The van der Waals surface area contributed by atoms with Crippen molar-refractivity contribution in [2.75, 3.05) is 70.3 Å². The molecule has 2 aliphatic rings. The summed E-state index contributed by atoms with van der Waals surface area (Å²) in [4.78, 5) is 33.9. The van der Waals surface area contributed by atoms with E-state index in [1.165, 1.54) is 16.9 Å². The number of nitrogens with one attached hydrogen (secondary N) is 3. The van der Waals surface area contributed by atoms with Crippen LogP contribution in [0, 0.1) is 17.0 Å². The van der Waals surface area contributed by atoms with E-state index in [9.17, 15) is 9.59 Å². The Kier molecular flexibility index (Phi) is 9.98. The van der Waals surface area contributed by atoms with Gasteiger partial charge in [-0.05, 0) is 12.2 Å². The number of hydroxylamine groups is 2. The van der Waals surface area contributed by atoms with Crippen LogP contribution in [0.1, 0.15) is 7.43 Å². The van der Waals surface area contributed by atoms with Crippen LogP contribution in [0.3, 0.4) is 0 Å². The molecule has 2 saturated heterocycles. The van der Waals surface area contributed by atoms with Gasteiger partial charge >= 0.3 is 12.1 Å². The predicted molar refractivity (Wildman–Crippen MR) is 133 cm³/mol. The Labute approximate surface area is 213 Å². The molecular formula is C21H31F2N7O5S. The van der Waals surface area contributed by atoms with Crippen molar-refractivity contribution < 1.29 is 32.7 Å². The van der Waals surface area contributed by atoms with Gasteiger partial charge in [0.05, 0.1) is 39.0 Å². The Morgan fingerprint density at radius 1 is 1.28 bits per heavy atom.